The molecule has 164 valence electrons. The van der Waals surface area contributed by atoms with Crippen LogP contribution in [0.2, 0.25) is 5.02 Å². The monoisotopic (exact) mass is 522 g/mol. The van der Waals surface area contributed by atoms with Crippen molar-refractivity contribution >= 4 is 50.2 Å². The van der Waals surface area contributed by atoms with Crippen molar-refractivity contribution in [2.45, 2.75) is 0 Å². The van der Waals surface area contributed by atoms with Crippen LogP contribution in [-0.4, -0.2) is 37.7 Å². The maximum absolute atomic E-state index is 13.0. The fraction of sp³-hybridized carbons (Fsp3) is 0.0435. The van der Waals surface area contributed by atoms with E-state index < -0.39 is 0 Å². The Morgan fingerprint density at radius 2 is 1.97 bits per heavy atom. The lowest BCUT2D eigenvalue weighted by Gasteiger charge is -2.07. The molecule has 0 aliphatic rings. The summed E-state index contributed by atoms with van der Waals surface area (Å²) in [6.07, 6.45) is 1.64. The van der Waals surface area contributed by atoms with E-state index in [-0.39, 0.29) is 5.91 Å². The second-order valence-electron chi connectivity index (χ2n) is 7.04. The van der Waals surface area contributed by atoms with E-state index in [0.29, 0.717) is 55.0 Å². The third-order valence-electron chi connectivity index (χ3n) is 4.97. The number of aromatic nitrogens is 5. The van der Waals surface area contributed by atoms with Crippen molar-refractivity contribution in [2.75, 3.05) is 12.4 Å². The summed E-state index contributed by atoms with van der Waals surface area (Å²) in [5.41, 5.74) is 2.98. The lowest BCUT2D eigenvalue weighted by atomic mass is 10.1. The number of carbonyl (C=O) groups is 1. The molecular formula is C23H16BrClN6O2. The lowest BCUT2D eigenvalue weighted by molar-refractivity contribution is 0.102. The first-order valence-electron chi connectivity index (χ1n) is 9.84. The van der Waals surface area contributed by atoms with Gasteiger partial charge in [-0.15, -0.1) is 0 Å². The van der Waals surface area contributed by atoms with Gasteiger partial charge in [0.2, 0.25) is 0 Å². The highest BCUT2D eigenvalue weighted by atomic mass is 79.9. The zero-order valence-electron chi connectivity index (χ0n) is 17.2. The van der Waals surface area contributed by atoms with Gasteiger partial charge in [-0.25, -0.2) is 14.6 Å². The molecule has 3 heterocycles. The Balaban J connectivity index is 1.54. The Hall–Kier alpha value is -3.69. The smallest absolute Gasteiger partial charge is 0.257 e. The normalized spacial score (nSPS) is 11.0. The van der Waals surface area contributed by atoms with Crippen LogP contribution in [0.15, 0.2) is 71.5 Å². The van der Waals surface area contributed by atoms with E-state index in [4.69, 9.17) is 21.3 Å². The molecule has 0 aliphatic carbocycles. The minimum atomic E-state index is -0.272. The van der Waals surface area contributed by atoms with Crippen LogP contribution in [0.25, 0.3) is 28.4 Å². The second kappa shape index (κ2) is 8.68. The number of ether oxygens (including phenoxy) is 1. The van der Waals surface area contributed by atoms with E-state index >= 15 is 0 Å². The van der Waals surface area contributed by atoms with Gasteiger partial charge in [0.25, 0.3) is 5.91 Å². The summed E-state index contributed by atoms with van der Waals surface area (Å²) in [5, 5.41) is 7.80. The van der Waals surface area contributed by atoms with Crippen LogP contribution in [0, 0.1) is 0 Å². The number of rotatable bonds is 5. The second-order valence-corrected chi connectivity index (χ2v) is 8.26. The number of H-pyrrole nitrogens is 1. The van der Waals surface area contributed by atoms with Crippen molar-refractivity contribution < 1.29 is 9.53 Å². The Morgan fingerprint density at radius 3 is 2.73 bits per heavy atom. The van der Waals surface area contributed by atoms with Crippen LogP contribution >= 0.6 is 27.5 Å². The quantitative estimate of drug-likeness (QED) is 0.318. The van der Waals surface area contributed by atoms with E-state index in [1.165, 1.54) is 0 Å². The van der Waals surface area contributed by atoms with Gasteiger partial charge in [-0.3, -0.25) is 4.79 Å². The van der Waals surface area contributed by atoms with E-state index in [2.05, 4.69) is 36.3 Å². The molecule has 0 spiro atoms. The molecule has 0 aliphatic heterocycles. The molecule has 0 saturated carbocycles. The van der Waals surface area contributed by atoms with Crippen molar-refractivity contribution in [1.82, 2.24) is 24.7 Å². The number of benzene rings is 2. The fourth-order valence-corrected chi connectivity index (χ4v) is 4.00. The van der Waals surface area contributed by atoms with Crippen LogP contribution < -0.4 is 10.1 Å². The number of nitrogens with zero attached hydrogens (tertiary/aromatic N) is 4. The zero-order valence-corrected chi connectivity index (χ0v) is 19.6. The van der Waals surface area contributed by atoms with Gasteiger partial charge in [-0.1, -0.05) is 17.7 Å². The van der Waals surface area contributed by atoms with Gasteiger partial charge >= 0.3 is 0 Å². The molecule has 8 nitrogen and oxygen atoms in total. The number of amides is 1. The average molecular weight is 524 g/mol. The number of nitrogens with one attached hydrogen (secondary N) is 2. The van der Waals surface area contributed by atoms with Crippen LogP contribution in [0.4, 0.5) is 5.69 Å². The van der Waals surface area contributed by atoms with E-state index in [1.54, 1.807) is 72.6 Å². The Morgan fingerprint density at radius 1 is 1.15 bits per heavy atom. The lowest BCUT2D eigenvalue weighted by Crippen LogP contribution is -2.12. The predicted molar refractivity (Wildman–Crippen MR) is 130 cm³/mol. The number of halogens is 2. The van der Waals surface area contributed by atoms with Crippen LogP contribution in [0.3, 0.4) is 0 Å². The number of pyridine rings is 1. The van der Waals surface area contributed by atoms with Crippen LogP contribution in [-0.2, 0) is 0 Å². The molecule has 1 amide bonds. The molecular weight excluding hydrogens is 508 g/mol. The molecule has 0 radical (unpaired) electrons. The van der Waals surface area contributed by atoms with Gasteiger partial charge in [0.1, 0.15) is 21.6 Å². The fourth-order valence-electron chi connectivity index (χ4n) is 3.43. The molecule has 0 bridgehead atoms. The Kier molecular flexibility index (Phi) is 5.57. The van der Waals surface area contributed by atoms with E-state index in [1.807, 2.05) is 6.07 Å². The first-order valence-corrected chi connectivity index (χ1v) is 11.0. The number of anilines is 1. The van der Waals surface area contributed by atoms with E-state index in [0.717, 1.165) is 0 Å². The number of carbonyl (C=O) groups excluding carboxylic acids is 1. The molecule has 0 saturated heterocycles. The molecule has 0 unspecified atom stereocenters. The first-order chi connectivity index (χ1) is 16.0. The first kappa shape index (κ1) is 21.2. The summed E-state index contributed by atoms with van der Waals surface area (Å²) in [4.78, 5) is 25.3. The highest BCUT2D eigenvalue weighted by Crippen LogP contribution is 2.29. The maximum Gasteiger partial charge on any atom is 0.257 e. The molecule has 5 rings (SSSR count). The average Bonchev–Trinajstić information content (AvgIpc) is 3.43. The molecule has 2 aromatic carbocycles. The number of para-hydroxylation sites is 1. The third kappa shape index (κ3) is 4.08. The number of imidazole rings is 1. The van der Waals surface area contributed by atoms with Crippen molar-refractivity contribution in [3.63, 3.8) is 0 Å². The number of fused-ring (bicyclic) bond motifs is 1. The summed E-state index contributed by atoms with van der Waals surface area (Å²) >= 11 is 9.75. The highest BCUT2D eigenvalue weighted by molar-refractivity contribution is 9.10. The summed E-state index contributed by atoms with van der Waals surface area (Å²) in [5.74, 6) is 1.43. The molecule has 5 aromatic rings. The Bertz CT molecular complexity index is 1480. The van der Waals surface area contributed by atoms with Crippen molar-refractivity contribution in [1.29, 1.82) is 0 Å². The third-order valence-corrected chi connectivity index (χ3v) is 5.65. The largest absolute Gasteiger partial charge is 0.497 e. The summed E-state index contributed by atoms with van der Waals surface area (Å²) < 4.78 is 7.35. The predicted octanol–water partition coefficient (Wildman–Crippen LogP) is 5.49. The maximum atomic E-state index is 13.0. The molecule has 0 fully saturated rings. The van der Waals surface area contributed by atoms with Gasteiger partial charge in [0.05, 0.1) is 23.2 Å². The van der Waals surface area contributed by atoms with Gasteiger partial charge < -0.3 is 15.0 Å². The molecule has 10 heteroatoms. The van der Waals surface area contributed by atoms with Gasteiger partial charge in [0, 0.05) is 18.0 Å². The standard InChI is InChI=1S/C23H16BrClN6O2/c1-33-14-9-7-13(8-10-14)27-23(32)15-4-2-6-17-20(15)29-21(28-17)18-12-19(24)30-31(18)22-16(25)5-3-11-26-22/h2-12H,1H3,(H,27,32)(H,28,29). The highest BCUT2D eigenvalue weighted by Gasteiger charge is 2.19. The number of methoxy groups -OCH3 is 1. The topological polar surface area (TPSA) is 97.7 Å². The summed E-state index contributed by atoms with van der Waals surface area (Å²) in [6, 6.07) is 17.8. The van der Waals surface area contributed by atoms with E-state index in [9.17, 15) is 4.79 Å². The van der Waals surface area contributed by atoms with Crippen LogP contribution in [0.5, 0.6) is 5.75 Å². The van der Waals surface area contributed by atoms with Crippen molar-refractivity contribution in [3.8, 4) is 23.1 Å². The van der Waals surface area contributed by atoms with Crippen molar-refractivity contribution in [2.24, 2.45) is 0 Å². The summed E-state index contributed by atoms with van der Waals surface area (Å²) in [7, 11) is 1.59. The van der Waals surface area contributed by atoms with Gasteiger partial charge in [-0.05, 0) is 64.5 Å². The van der Waals surface area contributed by atoms with Crippen molar-refractivity contribution in [3.05, 3.63) is 82.0 Å². The minimum Gasteiger partial charge on any atom is -0.497 e. The molecule has 0 atom stereocenters. The van der Waals surface area contributed by atoms with Gasteiger partial charge in [0.15, 0.2) is 11.6 Å². The SMILES string of the molecule is COc1ccc(NC(=O)c2cccc3[nH]c(-c4cc(Br)nn4-c4ncccc4Cl)nc23)cc1. The van der Waals surface area contributed by atoms with Gasteiger partial charge in [-0.2, -0.15) is 5.10 Å². The zero-order chi connectivity index (χ0) is 22.9. The Labute approximate surface area is 201 Å². The minimum absolute atomic E-state index is 0.272. The molecule has 3 aromatic heterocycles. The molecule has 2 N–H and O–H groups in total. The number of hydrogen-bond acceptors (Lipinski definition) is 5. The summed E-state index contributed by atoms with van der Waals surface area (Å²) in [6.45, 7) is 0. The van der Waals surface area contributed by atoms with Crippen LogP contribution in [0.1, 0.15) is 10.4 Å². The molecule has 33 heavy (non-hydrogen) atoms. The number of hydrogen-bond donors (Lipinski definition) is 2. The number of aromatic amines is 1.